The second-order valence-corrected chi connectivity index (χ2v) is 5.34. The second kappa shape index (κ2) is 6.16. The van der Waals surface area contributed by atoms with E-state index in [-0.39, 0.29) is 12.1 Å². The standard InChI is InChI=1S/C13H17BrN4O/c1-3-11(10-6-9(14)4-5-12(10)19)17-8(2)13-15-7-16-18-13/h4-8,11,17,19H,3H2,1-2H3,(H,15,16,18). The molecule has 102 valence electrons. The second-order valence-electron chi connectivity index (χ2n) is 4.42. The maximum absolute atomic E-state index is 9.98. The van der Waals surface area contributed by atoms with Crippen molar-refractivity contribution in [1.29, 1.82) is 0 Å². The van der Waals surface area contributed by atoms with Crippen LogP contribution in [0.4, 0.5) is 0 Å². The molecular formula is C13H17BrN4O. The monoisotopic (exact) mass is 324 g/mol. The Bertz CT molecular complexity index is 529. The maximum atomic E-state index is 9.98. The van der Waals surface area contributed by atoms with Crippen molar-refractivity contribution >= 4 is 15.9 Å². The number of H-pyrrole nitrogens is 1. The number of halogens is 1. The van der Waals surface area contributed by atoms with Crippen molar-refractivity contribution in [3.05, 3.63) is 40.4 Å². The first-order valence-corrected chi connectivity index (χ1v) is 7.00. The summed E-state index contributed by atoms with van der Waals surface area (Å²) in [6, 6.07) is 5.54. The van der Waals surface area contributed by atoms with E-state index in [0.29, 0.717) is 5.75 Å². The molecule has 0 aliphatic rings. The molecule has 6 heteroatoms. The van der Waals surface area contributed by atoms with Crippen LogP contribution >= 0.6 is 15.9 Å². The van der Waals surface area contributed by atoms with Gasteiger partial charge in [-0.3, -0.25) is 5.10 Å². The number of hydrogen-bond donors (Lipinski definition) is 3. The van der Waals surface area contributed by atoms with Crippen LogP contribution in [0, 0.1) is 0 Å². The average molecular weight is 325 g/mol. The SMILES string of the molecule is CCC(NC(C)c1ncn[nH]1)c1cc(Br)ccc1O. The molecule has 2 atom stereocenters. The number of nitrogens with zero attached hydrogens (tertiary/aromatic N) is 2. The van der Waals surface area contributed by atoms with Gasteiger partial charge in [0.15, 0.2) is 0 Å². The van der Waals surface area contributed by atoms with E-state index in [0.717, 1.165) is 22.3 Å². The normalized spacial score (nSPS) is 14.3. The van der Waals surface area contributed by atoms with Crippen molar-refractivity contribution in [1.82, 2.24) is 20.5 Å². The van der Waals surface area contributed by atoms with Gasteiger partial charge in [0, 0.05) is 16.1 Å². The minimum Gasteiger partial charge on any atom is -0.508 e. The zero-order valence-corrected chi connectivity index (χ0v) is 12.5. The Balaban J connectivity index is 2.18. The van der Waals surface area contributed by atoms with Crippen LogP contribution in [0.15, 0.2) is 29.0 Å². The Hall–Kier alpha value is -1.40. The molecule has 0 radical (unpaired) electrons. The van der Waals surface area contributed by atoms with Crippen LogP contribution in [0.3, 0.4) is 0 Å². The highest BCUT2D eigenvalue weighted by Crippen LogP contribution is 2.30. The molecule has 2 rings (SSSR count). The molecule has 0 saturated carbocycles. The lowest BCUT2D eigenvalue weighted by Crippen LogP contribution is -2.25. The van der Waals surface area contributed by atoms with Gasteiger partial charge < -0.3 is 10.4 Å². The predicted molar refractivity (Wildman–Crippen MR) is 76.8 cm³/mol. The molecule has 0 aliphatic heterocycles. The summed E-state index contributed by atoms with van der Waals surface area (Å²) < 4.78 is 0.952. The fraction of sp³-hybridized carbons (Fsp3) is 0.385. The fourth-order valence-corrected chi connectivity index (χ4v) is 2.42. The molecule has 0 amide bonds. The van der Waals surface area contributed by atoms with E-state index in [4.69, 9.17) is 0 Å². The molecule has 2 unspecified atom stereocenters. The van der Waals surface area contributed by atoms with Crippen molar-refractivity contribution in [2.45, 2.75) is 32.4 Å². The van der Waals surface area contributed by atoms with Crippen molar-refractivity contribution in [3.8, 4) is 5.75 Å². The minimum atomic E-state index is 0.0332. The van der Waals surface area contributed by atoms with Gasteiger partial charge >= 0.3 is 0 Å². The fourth-order valence-electron chi connectivity index (χ4n) is 2.04. The van der Waals surface area contributed by atoms with Crippen LogP contribution in [0.2, 0.25) is 0 Å². The number of phenols is 1. The van der Waals surface area contributed by atoms with E-state index in [1.165, 1.54) is 6.33 Å². The van der Waals surface area contributed by atoms with E-state index < -0.39 is 0 Å². The number of phenolic OH excluding ortho intramolecular Hbond substituents is 1. The van der Waals surface area contributed by atoms with Crippen molar-refractivity contribution in [2.75, 3.05) is 0 Å². The summed E-state index contributed by atoms with van der Waals surface area (Å²) in [5, 5.41) is 20.1. The van der Waals surface area contributed by atoms with Crippen molar-refractivity contribution in [2.24, 2.45) is 0 Å². The summed E-state index contributed by atoms with van der Waals surface area (Å²) >= 11 is 3.43. The van der Waals surface area contributed by atoms with Gasteiger partial charge in [0.1, 0.15) is 17.9 Å². The first kappa shape index (κ1) is 14.0. The zero-order chi connectivity index (χ0) is 13.8. The van der Waals surface area contributed by atoms with Crippen LogP contribution in [-0.4, -0.2) is 20.3 Å². The number of aromatic hydroxyl groups is 1. The lowest BCUT2D eigenvalue weighted by Gasteiger charge is -2.22. The highest BCUT2D eigenvalue weighted by molar-refractivity contribution is 9.10. The molecule has 2 aromatic rings. The topological polar surface area (TPSA) is 73.8 Å². The lowest BCUT2D eigenvalue weighted by atomic mass is 10.0. The third-order valence-corrected chi connectivity index (χ3v) is 3.56. The van der Waals surface area contributed by atoms with Crippen LogP contribution < -0.4 is 5.32 Å². The van der Waals surface area contributed by atoms with Crippen molar-refractivity contribution in [3.63, 3.8) is 0 Å². The van der Waals surface area contributed by atoms with Crippen LogP contribution in [0.1, 0.15) is 43.7 Å². The maximum Gasteiger partial charge on any atom is 0.141 e. The molecule has 0 fully saturated rings. The van der Waals surface area contributed by atoms with E-state index in [1.807, 2.05) is 19.1 Å². The molecule has 3 N–H and O–H groups in total. The van der Waals surface area contributed by atoms with Gasteiger partial charge in [0.2, 0.25) is 0 Å². The molecule has 0 bridgehead atoms. The Morgan fingerprint density at radius 2 is 2.26 bits per heavy atom. The molecular weight excluding hydrogens is 308 g/mol. The molecule has 0 saturated heterocycles. The third kappa shape index (κ3) is 3.33. The van der Waals surface area contributed by atoms with E-state index >= 15 is 0 Å². The predicted octanol–water partition coefficient (Wildman–Crippen LogP) is 3.07. The summed E-state index contributed by atoms with van der Waals surface area (Å²) in [5.41, 5.74) is 0.878. The molecule has 0 spiro atoms. The smallest absolute Gasteiger partial charge is 0.141 e. The van der Waals surface area contributed by atoms with Gasteiger partial charge in [0.05, 0.1) is 6.04 Å². The summed E-state index contributed by atoms with van der Waals surface area (Å²) in [6.45, 7) is 4.09. The van der Waals surface area contributed by atoms with E-state index in [1.54, 1.807) is 6.07 Å². The molecule has 1 aromatic carbocycles. The Morgan fingerprint density at radius 1 is 1.47 bits per heavy atom. The number of rotatable bonds is 5. The molecule has 1 aromatic heterocycles. The number of aromatic amines is 1. The highest BCUT2D eigenvalue weighted by atomic mass is 79.9. The molecule has 0 aliphatic carbocycles. The van der Waals surface area contributed by atoms with Gasteiger partial charge in [-0.2, -0.15) is 5.10 Å². The summed E-state index contributed by atoms with van der Waals surface area (Å²) in [4.78, 5) is 4.14. The quantitative estimate of drug-likeness (QED) is 0.790. The Morgan fingerprint density at radius 3 is 2.89 bits per heavy atom. The number of aromatic nitrogens is 3. The van der Waals surface area contributed by atoms with Gasteiger partial charge in [-0.05, 0) is 31.5 Å². The Labute approximate surface area is 120 Å². The van der Waals surface area contributed by atoms with Crippen LogP contribution in [-0.2, 0) is 0 Å². The number of hydrogen-bond acceptors (Lipinski definition) is 4. The minimum absolute atomic E-state index is 0.0332. The summed E-state index contributed by atoms with van der Waals surface area (Å²) in [5.74, 6) is 1.08. The number of benzene rings is 1. The van der Waals surface area contributed by atoms with E-state index in [2.05, 4.69) is 43.4 Å². The van der Waals surface area contributed by atoms with Crippen LogP contribution in [0.25, 0.3) is 0 Å². The highest BCUT2D eigenvalue weighted by Gasteiger charge is 2.18. The van der Waals surface area contributed by atoms with Gasteiger partial charge in [0.25, 0.3) is 0 Å². The van der Waals surface area contributed by atoms with E-state index in [9.17, 15) is 5.11 Å². The van der Waals surface area contributed by atoms with Gasteiger partial charge in [-0.1, -0.05) is 22.9 Å². The summed E-state index contributed by atoms with van der Waals surface area (Å²) in [7, 11) is 0. The lowest BCUT2D eigenvalue weighted by molar-refractivity contribution is 0.412. The average Bonchev–Trinajstić information content (AvgIpc) is 2.93. The molecule has 5 nitrogen and oxygen atoms in total. The number of nitrogens with one attached hydrogen (secondary N) is 2. The third-order valence-electron chi connectivity index (χ3n) is 3.07. The Kier molecular flexibility index (Phi) is 4.55. The largest absolute Gasteiger partial charge is 0.508 e. The van der Waals surface area contributed by atoms with Gasteiger partial charge in [-0.25, -0.2) is 4.98 Å². The molecule has 19 heavy (non-hydrogen) atoms. The first-order chi connectivity index (χ1) is 9.11. The summed E-state index contributed by atoms with van der Waals surface area (Å²) in [6.07, 6.45) is 2.35. The van der Waals surface area contributed by atoms with Crippen LogP contribution in [0.5, 0.6) is 5.75 Å². The molecule has 1 heterocycles. The first-order valence-electron chi connectivity index (χ1n) is 6.21. The van der Waals surface area contributed by atoms with Gasteiger partial charge in [-0.15, -0.1) is 0 Å². The zero-order valence-electron chi connectivity index (χ0n) is 10.9. The van der Waals surface area contributed by atoms with Crippen molar-refractivity contribution < 1.29 is 5.11 Å².